The van der Waals surface area contributed by atoms with Crippen molar-refractivity contribution in [3.8, 4) is 0 Å². The third-order valence-corrected chi connectivity index (χ3v) is 3.15. The molecule has 0 radical (unpaired) electrons. The molecule has 0 aliphatic carbocycles. The number of benzene rings is 1. The van der Waals surface area contributed by atoms with Crippen LogP contribution < -0.4 is 10.6 Å². The molecule has 0 unspecified atom stereocenters. The number of nitrogens with zero attached hydrogens (tertiary/aromatic N) is 1. The van der Waals surface area contributed by atoms with Crippen molar-refractivity contribution in [1.29, 1.82) is 0 Å². The second-order valence-corrected chi connectivity index (χ2v) is 6.57. The van der Waals surface area contributed by atoms with Crippen LogP contribution >= 0.6 is 0 Å². The predicted molar refractivity (Wildman–Crippen MR) is 90.1 cm³/mol. The number of anilines is 1. The van der Waals surface area contributed by atoms with Crippen molar-refractivity contribution in [3.05, 3.63) is 59.4 Å². The Morgan fingerprint density at radius 2 is 1.88 bits per heavy atom. The molecule has 7 heteroatoms. The number of carbonyl (C=O) groups is 2. The van der Waals surface area contributed by atoms with Gasteiger partial charge in [-0.25, -0.2) is 8.78 Å². The molecule has 2 aromatic rings. The number of nitrogens with one attached hydrogen (secondary N) is 2. The van der Waals surface area contributed by atoms with Crippen molar-refractivity contribution in [2.75, 3.05) is 5.32 Å². The summed E-state index contributed by atoms with van der Waals surface area (Å²) in [6, 6.07) is 6.59. The van der Waals surface area contributed by atoms with E-state index in [0.717, 1.165) is 6.07 Å². The van der Waals surface area contributed by atoms with E-state index in [1.54, 1.807) is 0 Å². The van der Waals surface area contributed by atoms with Crippen molar-refractivity contribution in [2.45, 2.75) is 32.7 Å². The molecule has 2 rings (SSSR count). The van der Waals surface area contributed by atoms with Gasteiger partial charge < -0.3 is 10.6 Å². The topological polar surface area (TPSA) is 71.1 Å². The highest BCUT2D eigenvalue weighted by atomic mass is 19.2. The molecule has 1 aromatic carbocycles. The molecule has 5 nitrogen and oxygen atoms in total. The summed E-state index contributed by atoms with van der Waals surface area (Å²) in [5.74, 6) is -2.95. The lowest BCUT2D eigenvalue weighted by atomic mass is 10.1. The fraction of sp³-hybridized carbons (Fsp3) is 0.278. The van der Waals surface area contributed by atoms with Crippen LogP contribution in [-0.2, 0) is 11.2 Å². The third kappa shape index (κ3) is 5.34. The molecule has 0 fully saturated rings. The largest absolute Gasteiger partial charge is 0.346 e. The zero-order chi connectivity index (χ0) is 18.6. The quantitative estimate of drug-likeness (QED) is 0.893. The maximum absolute atomic E-state index is 13.6. The van der Waals surface area contributed by atoms with Crippen LogP contribution in [0.25, 0.3) is 0 Å². The van der Waals surface area contributed by atoms with E-state index in [2.05, 4.69) is 15.6 Å². The Morgan fingerprint density at radius 1 is 1.16 bits per heavy atom. The van der Waals surface area contributed by atoms with Crippen LogP contribution in [0.1, 0.15) is 36.8 Å². The van der Waals surface area contributed by atoms with Gasteiger partial charge in [0.15, 0.2) is 11.6 Å². The summed E-state index contributed by atoms with van der Waals surface area (Å²) in [6.07, 6.45) is 1.06. The van der Waals surface area contributed by atoms with Crippen LogP contribution in [0.15, 0.2) is 36.5 Å². The van der Waals surface area contributed by atoms with E-state index in [-0.39, 0.29) is 23.6 Å². The van der Waals surface area contributed by atoms with Crippen molar-refractivity contribution in [2.24, 2.45) is 0 Å². The molecule has 2 amide bonds. The normalized spacial score (nSPS) is 11.1. The van der Waals surface area contributed by atoms with Crippen LogP contribution in [0.5, 0.6) is 0 Å². The molecule has 0 spiro atoms. The van der Waals surface area contributed by atoms with Crippen LogP contribution in [0.4, 0.5) is 14.5 Å². The zero-order valence-electron chi connectivity index (χ0n) is 14.2. The number of hydrogen-bond donors (Lipinski definition) is 2. The van der Waals surface area contributed by atoms with Gasteiger partial charge in [-0.05, 0) is 39.0 Å². The Balaban J connectivity index is 2.07. The number of hydrogen-bond acceptors (Lipinski definition) is 3. The van der Waals surface area contributed by atoms with Crippen molar-refractivity contribution < 1.29 is 18.4 Å². The van der Waals surface area contributed by atoms with E-state index < -0.39 is 23.1 Å². The maximum Gasteiger partial charge on any atom is 0.270 e. The highest BCUT2D eigenvalue weighted by molar-refractivity contribution is 5.96. The molecule has 1 heterocycles. The van der Waals surface area contributed by atoms with Crippen LogP contribution in [-0.4, -0.2) is 22.3 Å². The molecule has 2 N–H and O–H groups in total. The first-order valence-electron chi connectivity index (χ1n) is 7.67. The molecule has 1 aromatic heterocycles. The molecule has 0 atom stereocenters. The van der Waals surface area contributed by atoms with Gasteiger partial charge >= 0.3 is 0 Å². The molecule has 25 heavy (non-hydrogen) atoms. The van der Waals surface area contributed by atoms with E-state index in [0.29, 0.717) is 5.69 Å². The number of aromatic nitrogens is 1. The number of amides is 2. The molecule has 0 saturated heterocycles. The molecule has 0 bridgehead atoms. The average molecular weight is 347 g/mol. The standard InChI is InChI=1S/C18H19F2N3O2/c1-18(2,3)23-17(25)14-10-12(7-8-21-14)22-15(24)9-11-5-4-6-13(19)16(11)20/h4-8,10H,9H2,1-3H3,(H,23,25)(H,21,22,24). The number of pyridine rings is 1. The summed E-state index contributed by atoms with van der Waals surface area (Å²) in [5, 5.41) is 5.31. The van der Waals surface area contributed by atoms with Gasteiger partial charge in [-0.15, -0.1) is 0 Å². The number of halogens is 2. The molecule has 0 saturated carbocycles. The molecular weight excluding hydrogens is 328 g/mol. The summed E-state index contributed by atoms with van der Waals surface area (Å²) >= 11 is 0. The monoisotopic (exact) mass is 347 g/mol. The first-order chi connectivity index (χ1) is 11.7. The lowest BCUT2D eigenvalue weighted by Gasteiger charge is -2.20. The van der Waals surface area contributed by atoms with Crippen molar-refractivity contribution in [3.63, 3.8) is 0 Å². The van der Waals surface area contributed by atoms with Crippen molar-refractivity contribution >= 4 is 17.5 Å². The molecule has 0 aliphatic heterocycles. The fourth-order valence-electron chi connectivity index (χ4n) is 2.10. The zero-order valence-corrected chi connectivity index (χ0v) is 14.2. The Morgan fingerprint density at radius 3 is 2.56 bits per heavy atom. The van der Waals surface area contributed by atoms with Gasteiger partial charge in [0.25, 0.3) is 5.91 Å². The first-order valence-corrected chi connectivity index (χ1v) is 7.67. The summed E-state index contributed by atoms with van der Waals surface area (Å²) in [4.78, 5) is 28.1. The average Bonchev–Trinajstić information content (AvgIpc) is 2.50. The highest BCUT2D eigenvalue weighted by Crippen LogP contribution is 2.14. The Hall–Kier alpha value is -2.83. The Labute approximate surface area is 144 Å². The fourth-order valence-corrected chi connectivity index (χ4v) is 2.10. The van der Waals surface area contributed by atoms with Gasteiger partial charge in [-0.1, -0.05) is 12.1 Å². The van der Waals surface area contributed by atoms with E-state index in [4.69, 9.17) is 0 Å². The predicted octanol–water partition coefficient (Wildman–Crippen LogP) is 3.07. The minimum atomic E-state index is -1.04. The minimum Gasteiger partial charge on any atom is -0.346 e. The summed E-state index contributed by atoms with van der Waals surface area (Å²) < 4.78 is 26.8. The van der Waals surface area contributed by atoms with E-state index >= 15 is 0 Å². The Kier molecular flexibility index (Phi) is 5.46. The number of carbonyl (C=O) groups excluding carboxylic acids is 2. The second kappa shape index (κ2) is 7.38. The second-order valence-electron chi connectivity index (χ2n) is 6.57. The van der Waals surface area contributed by atoms with Crippen LogP contribution in [0, 0.1) is 11.6 Å². The lowest BCUT2D eigenvalue weighted by Crippen LogP contribution is -2.40. The summed E-state index contributed by atoms with van der Waals surface area (Å²) in [5.41, 5.74) is 0.0187. The van der Waals surface area contributed by atoms with Gasteiger partial charge in [-0.2, -0.15) is 0 Å². The Bertz CT molecular complexity index is 801. The highest BCUT2D eigenvalue weighted by Gasteiger charge is 2.17. The van der Waals surface area contributed by atoms with Gasteiger partial charge in [-0.3, -0.25) is 14.6 Å². The lowest BCUT2D eigenvalue weighted by molar-refractivity contribution is -0.115. The van der Waals surface area contributed by atoms with Gasteiger partial charge in [0.05, 0.1) is 6.42 Å². The molecule has 132 valence electrons. The van der Waals surface area contributed by atoms with Gasteiger partial charge in [0, 0.05) is 23.0 Å². The molecule has 0 aliphatic rings. The van der Waals surface area contributed by atoms with Crippen LogP contribution in [0.2, 0.25) is 0 Å². The van der Waals surface area contributed by atoms with E-state index in [9.17, 15) is 18.4 Å². The summed E-state index contributed by atoms with van der Waals surface area (Å²) in [6.45, 7) is 5.51. The van der Waals surface area contributed by atoms with Crippen LogP contribution in [0.3, 0.4) is 0 Å². The minimum absolute atomic E-state index is 0.0442. The smallest absolute Gasteiger partial charge is 0.270 e. The third-order valence-electron chi connectivity index (χ3n) is 3.15. The molecular formula is C18H19F2N3O2. The first kappa shape index (κ1) is 18.5. The maximum atomic E-state index is 13.6. The SMILES string of the molecule is CC(C)(C)NC(=O)c1cc(NC(=O)Cc2cccc(F)c2F)ccn1. The number of rotatable bonds is 4. The van der Waals surface area contributed by atoms with E-state index in [1.807, 2.05) is 20.8 Å². The summed E-state index contributed by atoms with van der Waals surface area (Å²) in [7, 11) is 0. The van der Waals surface area contributed by atoms with E-state index in [1.165, 1.54) is 30.5 Å². The van der Waals surface area contributed by atoms with Gasteiger partial charge in [0.2, 0.25) is 5.91 Å². The van der Waals surface area contributed by atoms with Crippen molar-refractivity contribution in [1.82, 2.24) is 10.3 Å². The van der Waals surface area contributed by atoms with Gasteiger partial charge in [0.1, 0.15) is 5.69 Å².